The average molecular weight is 312 g/mol. The predicted octanol–water partition coefficient (Wildman–Crippen LogP) is 2.36. The van der Waals surface area contributed by atoms with Gasteiger partial charge in [-0.15, -0.1) is 0 Å². The van der Waals surface area contributed by atoms with E-state index in [1.54, 1.807) is 32.3 Å². The molecule has 6 heteroatoms. The van der Waals surface area contributed by atoms with Crippen molar-refractivity contribution in [3.63, 3.8) is 0 Å². The van der Waals surface area contributed by atoms with E-state index in [0.717, 1.165) is 18.4 Å². The van der Waals surface area contributed by atoms with Crippen molar-refractivity contribution in [2.75, 3.05) is 14.1 Å². The molecule has 118 valence electrons. The van der Waals surface area contributed by atoms with Crippen LogP contribution in [0, 0.1) is 5.92 Å². The van der Waals surface area contributed by atoms with Gasteiger partial charge in [0.2, 0.25) is 0 Å². The third-order valence-corrected chi connectivity index (χ3v) is 6.61. The molecule has 1 aromatic rings. The van der Waals surface area contributed by atoms with Crippen LogP contribution in [0.15, 0.2) is 24.3 Å². The van der Waals surface area contributed by atoms with Gasteiger partial charge in [-0.3, -0.25) is 0 Å². The zero-order valence-corrected chi connectivity index (χ0v) is 13.8. The molecule has 5 nitrogen and oxygen atoms in total. The Kier molecular flexibility index (Phi) is 4.60. The molecule has 0 amide bonds. The highest BCUT2D eigenvalue weighted by atomic mass is 32.2. The maximum absolute atomic E-state index is 12.7. The molecule has 0 bridgehead atoms. The Balaban J connectivity index is 2.18. The van der Waals surface area contributed by atoms with E-state index in [4.69, 9.17) is 0 Å². The lowest BCUT2D eigenvalue weighted by atomic mass is 10.1. The van der Waals surface area contributed by atoms with E-state index in [9.17, 15) is 13.5 Å². The molecule has 0 unspecified atom stereocenters. The van der Waals surface area contributed by atoms with Crippen LogP contribution in [0.2, 0.25) is 0 Å². The van der Waals surface area contributed by atoms with Crippen LogP contribution in [-0.2, 0) is 10.2 Å². The van der Waals surface area contributed by atoms with Crippen LogP contribution in [0.25, 0.3) is 0 Å². The first-order valence-corrected chi connectivity index (χ1v) is 8.64. The molecular formula is C15H24N2O3S. The van der Waals surface area contributed by atoms with Crippen molar-refractivity contribution in [3.8, 4) is 5.75 Å². The summed E-state index contributed by atoms with van der Waals surface area (Å²) in [6.45, 7) is 3.78. The lowest BCUT2D eigenvalue weighted by Crippen LogP contribution is -2.45. The van der Waals surface area contributed by atoms with Crippen molar-refractivity contribution in [1.82, 2.24) is 8.61 Å². The van der Waals surface area contributed by atoms with E-state index < -0.39 is 10.2 Å². The average Bonchev–Trinajstić information content (AvgIpc) is 3.28. The Bertz CT molecular complexity index is 599. The number of hydrogen-bond donors (Lipinski definition) is 1. The fourth-order valence-electron chi connectivity index (χ4n) is 2.48. The third kappa shape index (κ3) is 3.39. The fourth-order valence-corrected chi connectivity index (χ4v) is 4.00. The first-order valence-electron chi connectivity index (χ1n) is 7.25. The fraction of sp³-hybridized carbons (Fsp3) is 0.600. The zero-order chi connectivity index (χ0) is 15.8. The normalized spacial score (nSPS) is 19.0. The van der Waals surface area contributed by atoms with Gasteiger partial charge in [0.25, 0.3) is 10.2 Å². The standard InChI is InChI=1S/C15H24N2O3S/c1-11(13-8-9-13)16(3)21(19,20)17(4)12(2)14-6-5-7-15(18)10-14/h5-7,10-13,18H,8-9H2,1-4H3/t11-,12+/m0/s1. The molecule has 0 spiro atoms. The first-order chi connectivity index (χ1) is 9.75. The number of hydrogen-bond acceptors (Lipinski definition) is 3. The maximum atomic E-state index is 12.7. The quantitative estimate of drug-likeness (QED) is 0.877. The number of phenolic OH excluding ortho intramolecular Hbond substituents is 1. The molecular weight excluding hydrogens is 288 g/mol. The molecule has 2 rings (SSSR count). The predicted molar refractivity (Wildman–Crippen MR) is 83.2 cm³/mol. The Labute approximate surface area is 127 Å². The largest absolute Gasteiger partial charge is 0.508 e. The van der Waals surface area contributed by atoms with Crippen LogP contribution in [0.3, 0.4) is 0 Å². The van der Waals surface area contributed by atoms with Crippen LogP contribution in [0.1, 0.15) is 38.3 Å². The first kappa shape index (κ1) is 16.3. The monoisotopic (exact) mass is 312 g/mol. The summed E-state index contributed by atoms with van der Waals surface area (Å²) in [6.07, 6.45) is 2.21. The molecule has 1 fully saturated rings. The number of phenols is 1. The van der Waals surface area contributed by atoms with Crippen molar-refractivity contribution in [2.24, 2.45) is 5.92 Å². The molecule has 1 aliphatic carbocycles. The summed E-state index contributed by atoms with van der Waals surface area (Å²) in [5, 5.41) is 9.55. The third-order valence-electron chi connectivity index (χ3n) is 4.50. The molecule has 0 radical (unpaired) electrons. The summed E-state index contributed by atoms with van der Waals surface area (Å²) >= 11 is 0. The minimum atomic E-state index is -3.52. The van der Waals surface area contributed by atoms with Gasteiger partial charge in [-0.2, -0.15) is 17.0 Å². The van der Waals surface area contributed by atoms with E-state index in [-0.39, 0.29) is 17.8 Å². The lowest BCUT2D eigenvalue weighted by Gasteiger charge is -2.32. The molecule has 1 aromatic carbocycles. The topological polar surface area (TPSA) is 60.9 Å². The van der Waals surface area contributed by atoms with Gasteiger partial charge < -0.3 is 5.11 Å². The second-order valence-corrected chi connectivity index (χ2v) is 7.94. The van der Waals surface area contributed by atoms with Gasteiger partial charge in [0.05, 0.1) is 0 Å². The highest BCUT2D eigenvalue weighted by Gasteiger charge is 2.38. The van der Waals surface area contributed by atoms with Gasteiger partial charge >= 0.3 is 0 Å². The molecule has 0 saturated heterocycles. The Morgan fingerprint density at radius 3 is 2.33 bits per heavy atom. The van der Waals surface area contributed by atoms with E-state index in [1.807, 2.05) is 19.9 Å². The SMILES string of the molecule is C[C@H](c1cccc(O)c1)N(C)S(=O)(=O)N(C)[C@@H](C)C1CC1. The maximum Gasteiger partial charge on any atom is 0.282 e. The highest BCUT2D eigenvalue weighted by molar-refractivity contribution is 7.86. The van der Waals surface area contributed by atoms with Crippen molar-refractivity contribution in [3.05, 3.63) is 29.8 Å². The minimum absolute atomic E-state index is 0.0221. The lowest BCUT2D eigenvalue weighted by molar-refractivity contribution is 0.302. The van der Waals surface area contributed by atoms with Gasteiger partial charge in [-0.25, -0.2) is 0 Å². The summed E-state index contributed by atoms with van der Waals surface area (Å²) in [4.78, 5) is 0. The van der Waals surface area contributed by atoms with Gasteiger partial charge in [-0.05, 0) is 50.3 Å². The molecule has 21 heavy (non-hydrogen) atoms. The van der Waals surface area contributed by atoms with E-state index in [0.29, 0.717) is 5.92 Å². The summed E-state index contributed by atoms with van der Waals surface area (Å²) in [5.74, 6) is 0.624. The smallest absolute Gasteiger partial charge is 0.282 e. The van der Waals surface area contributed by atoms with Gasteiger partial charge in [-0.1, -0.05) is 12.1 Å². The van der Waals surface area contributed by atoms with E-state index in [1.165, 1.54) is 8.61 Å². The molecule has 0 aromatic heterocycles. The van der Waals surface area contributed by atoms with Crippen molar-refractivity contribution < 1.29 is 13.5 Å². The van der Waals surface area contributed by atoms with Crippen LogP contribution in [-0.4, -0.2) is 42.3 Å². The molecule has 1 N–H and O–H groups in total. The summed E-state index contributed by atoms with van der Waals surface area (Å²) in [6, 6.07) is 6.40. The van der Waals surface area contributed by atoms with Crippen LogP contribution in [0.5, 0.6) is 5.75 Å². The highest BCUT2D eigenvalue weighted by Crippen LogP contribution is 2.36. The minimum Gasteiger partial charge on any atom is -0.508 e. The number of benzene rings is 1. The Morgan fingerprint density at radius 1 is 1.19 bits per heavy atom. The second-order valence-electron chi connectivity index (χ2n) is 5.89. The van der Waals surface area contributed by atoms with Crippen LogP contribution >= 0.6 is 0 Å². The summed E-state index contributed by atoms with van der Waals surface area (Å²) < 4.78 is 28.2. The molecule has 1 aliphatic rings. The molecule has 2 atom stereocenters. The molecule has 0 aliphatic heterocycles. The van der Waals surface area contributed by atoms with Crippen LogP contribution in [0.4, 0.5) is 0 Å². The van der Waals surface area contributed by atoms with Gasteiger partial charge in [0.15, 0.2) is 0 Å². The Hall–Kier alpha value is -1.11. The number of rotatable bonds is 6. The zero-order valence-electron chi connectivity index (χ0n) is 13.0. The number of nitrogens with zero attached hydrogens (tertiary/aromatic N) is 2. The molecule has 1 saturated carbocycles. The summed E-state index contributed by atoms with van der Waals surface area (Å²) in [7, 11) is -0.292. The summed E-state index contributed by atoms with van der Waals surface area (Å²) in [5.41, 5.74) is 0.772. The van der Waals surface area contributed by atoms with Crippen molar-refractivity contribution >= 4 is 10.2 Å². The van der Waals surface area contributed by atoms with E-state index >= 15 is 0 Å². The van der Waals surface area contributed by atoms with E-state index in [2.05, 4.69) is 0 Å². The second kappa shape index (κ2) is 5.94. The van der Waals surface area contributed by atoms with Crippen molar-refractivity contribution in [1.29, 1.82) is 0 Å². The molecule has 0 heterocycles. The van der Waals surface area contributed by atoms with Gasteiger partial charge in [0.1, 0.15) is 5.75 Å². The van der Waals surface area contributed by atoms with Crippen molar-refractivity contribution in [2.45, 2.75) is 38.8 Å². The van der Waals surface area contributed by atoms with Gasteiger partial charge in [0, 0.05) is 26.2 Å². The Morgan fingerprint density at radius 2 is 1.81 bits per heavy atom. The number of aromatic hydroxyl groups is 1. The van der Waals surface area contributed by atoms with Crippen LogP contribution < -0.4 is 0 Å².